The van der Waals surface area contributed by atoms with Crippen molar-refractivity contribution in [1.82, 2.24) is 4.90 Å². The molecule has 1 amide bonds. The van der Waals surface area contributed by atoms with E-state index in [2.05, 4.69) is 0 Å². The van der Waals surface area contributed by atoms with Crippen LogP contribution in [0.5, 0.6) is 0 Å². The molecule has 0 saturated heterocycles. The zero-order valence-electron chi connectivity index (χ0n) is 13.9. The predicted octanol–water partition coefficient (Wildman–Crippen LogP) is 3.29. The van der Waals surface area contributed by atoms with Crippen molar-refractivity contribution in [3.63, 3.8) is 0 Å². The van der Waals surface area contributed by atoms with Gasteiger partial charge in [-0.1, -0.05) is 0 Å². The van der Waals surface area contributed by atoms with E-state index in [4.69, 9.17) is 10.5 Å². The number of nitrogens with zero attached hydrogens (tertiary/aromatic N) is 1. The summed E-state index contributed by atoms with van der Waals surface area (Å²) in [7, 11) is 0. The third-order valence-electron chi connectivity index (χ3n) is 5.68. The van der Waals surface area contributed by atoms with Crippen molar-refractivity contribution in [3.05, 3.63) is 0 Å². The number of nitrogens with two attached hydrogens (primary N) is 1. The lowest BCUT2D eigenvalue weighted by Crippen LogP contribution is -2.64. The summed E-state index contributed by atoms with van der Waals surface area (Å²) in [6.07, 6.45) is 6.31. The van der Waals surface area contributed by atoms with Gasteiger partial charge >= 0.3 is 6.09 Å². The fraction of sp³-hybridized carbons (Fsp3) is 0.941. The van der Waals surface area contributed by atoms with Crippen molar-refractivity contribution < 1.29 is 9.53 Å². The molecule has 2 unspecified atom stereocenters. The molecule has 4 saturated carbocycles. The zero-order valence-corrected chi connectivity index (χ0v) is 13.9. The molecule has 0 radical (unpaired) electrons. The Morgan fingerprint density at radius 3 is 2.05 bits per heavy atom. The minimum Gasteiger partial charge on any atom is -0.443 e. The fourth-order valence-electron chi connectivity index (χ4n) is 5.62. The summed E-state index contributed by atoms with van der Waals surface area (Å²) >= 11 is 0. The summed E-state index contributed by atoms with van der Waals surface area (Å²) in [5.74, 6) is 1.33. The Labute approximate surface area is 128 Å². The molecule has 0 aliphatic heterocycles. The molecule has 4 aliphatic rings. The van der Waals surface area contributed by atoms with E-state index < -0.39 is 0 Å². The van der Waals surface area contributed by atoms with Crippen molar-refractivity contribution in [2.24, 2.45) is 17.6 Å². The average Bonchev–Trinajstić information content (AvgIpc) is 2.21. The Balaban J connectivity index is 1.76. The van der Waals surface area contributed by atoms with Gasteiger partial charge in [0.05, 0.1) is 0 Å². The van der Waals surface area contributed by atoms with Crippen molar-refractivity contribution in [2.75, 3.05) is 0 Å². The van der Waals surface area contributed by atoms with Crippen LogP contribution in [0.1, 0.15) is 66.2 Å². The lowest BCUT2D eigenvalue weighted by atomic mass is 9.51. The highest BCUT2D eigenvalue weighted by atomic mass is 16.6. The molecule has 0 aromatic rings. The third kappa shape index (κ3) is 2.67. The van der Waals surface area contributed by atoms with E-state index >= 15 is 0 Å². The zero-order chi connectivity index (χ0) is 15.4. The van der Waals surface area contributed by atoms with Gasteiger partial charge < -0.3 is 15.4 Å². The van der Waals surface area contributed by atoms with Crippen LogP contribution in [-0.2, 0) is 4.74 Å². The molecule has 4 heteroatoms. The summed E-state index contributed by atoms with van der Waals surface area (Å²) in [5.41, 5.74) is 6.21. The minimum atomic E-state index is -0.280. The number of carbonyl (C=O) groups excluding carboxylic acids is 1. The second-order valence-corrected chi connectivity index (χ2v) is 8.47. The van der Waals surface area contributed by atoms with Gasteiger partial charge in [0, 0.05) is 24.0 Å². The van der Waals surface area contributed by atoms with Crippen LogP contribution in [0.3, 0.4) is 0 Å². The molecule has 21 heavy (non-hydrogen) atoms. The lowest BCUT2D eigenvalue weighted by molar-refractivity contribution is -0.143. The lowest BCUT2D eigenvalue weighted by Gasteiger charge is -2.60. The highest BCUT2D eigenvalue weighted by Gasteiger charge is 2.58. The Morgan fingerprint density at radius 1 is 1.10 bits per heavy atom. The van der Waals surface area contributed by atoms with E-state index in [-0.39, 0.29) is 29.3 Å². The number of hydrogen-bond donors (Lipinski definition) is 1. The van der Waals surface area contributed by atoms with Crippen molar-refractivity contribution in [3.8, 4) is 0 Å². The van der Waals surface area contributed by atoms with Gasteiger partial charge in [-0.15, -0.1) is 0 Å². The Kier molecular flexibility index (Phi) is 3.51. The number of amides is 1. The van der Waals surface area contributed by atoms with Gasteiger partial charge in [-0.25, -0.2) is 4.79 Å². The van der Waals surface area contributed by atoms with E-state index in [1.54, 1.807) is 0 Å². The van der Waals surface area contributed by atoms with Gasteiger partial charge in [-0.3, -0.25) is 0 Å². The maximum Gasteiger partial charge on any atom is 0.410 e. The van der Waals surface area contributed by atoms with E-state index in [0.29, 0.717) is 11.8 Å². The molecular weight excluding hydrogens is 264 g/mol. The molecule has 120 valence electrons. The molecule has 0 heterocycles. The first-order valence-electron chi connectivity index (χ1n) is 8.52. The maximum atomic E-state index is 12.7. The topological polar surface area (TPSA) is 55.6 Å². The Hall–Kier alpha value is -0.770. The molecule has 2 atom stereocenters. The number of carbonyl (C=O) groups is 1. The van der Waals surface area contributed by atoms with Crippen molar-refractivity contribution in [1.29, 1.82) is 0 Å². The van der Waals surface area contributed by atoms with E-state index in [0.717, 1.165) is 32.1 Å². The van der Waals surface area contributed by atoms with Crippen LogP contribution in [0, 0.1) is 11.8 Å². The van der Waals surface area contributed by atoms with E-state index in [1.165, 1.54) is 6.42 Å². The first kappa shape index (κ1) is 15.1. The largest absolute Gasteiger partial charge is 0.443 e. The predicted molar refractivity (Wildman–Crippen MR) is 82.9 cm³/mol. The van der Waals surface area contributed by atoms with E-state index in [9.17, 15) is 4.79 Å². The average molecular weight is 294 g/mol. The second-order valence-electron chi connectivity index (χ2n) is 8.47. The summed E-state index contributed by atoms with van der Waals surface area (Å²) in [6, 6.07) is 0.330. The Bertz CT molecular complexity index is 411. The van der Waals surface area contributed by atoms with Crippen LogP contribution in [0.25, 0.3) is 0 Å². The van der Waals surface area contributed by atoms with E-state index in [1.807, 2.05) is 32.6 Å². The van der Waals surface area contributed by atoms with Gasteiger partial charge in [0.1, 0.15) is 5.60 Å². The van der Waals surface area contributed by atoms with Gasteiger partial charge in [0.15, 0.2) is 0 Å². The molecule has 0 spiro atoms. The fourth-order valence-corrected chi connectivity index (χ4v) is 5.62. The quantitative estimate of drug-likeness (QED) is 0.869. The first-order chi connectivity index (χ1) is 9.72. The van der Waals surface area contributed by atoms with Crippen LogP contribution in [0.2, 0.25) is 0 Å². The van der Waals surface area contributed by atoms with Crippen LogP contribution in [0.4, 0.5) is 4.79 Å². The molecule has 4 fully saturated rings. The van der Waals surface area contributed by atoms with Crippen molar-refractivity contribution in [2.45, 2.75) is 89.4 Å². The summed E-state index contributed by atoms with van der Waals surface area (Å²) in [5, 5.41) is 0. The van der Waals surface area contributed by atoms with Crippen LogP contribution in [-0.4, -0.2) is 34.2 Å². The van der Waals surface area contributed by atoms with Crippen LogP contribution >= 0.6 is 0 Å². The minimum absolute atomic E-state index is 0.0785. The first-order valence-corrected chi connectivity index (χ1v) is 8.52. The normalized spacial score (nSPS) is 40.9. The molecular formula is C17H30N2O2. The SMILES string of the molecule is CC(C)N(C(=O)OC12CC3CC(CC(N)(C3)C1)C2)C(C)C. The summed E-state index contributed by atoms with van der Waals surface area (Å²) in [4.78, 5) is 14.5. The maximum absolute atomic E-state index is 12.7. The highest BCUT2D eigenvalue weighted by Crippen LogP contribution is 2.58. The third-order valence-corrected chi connectivity index (χ3v) is 5.68. The second kappa shape index (κ2) is 4.87. The standard InChI is InChI=1S/C17H30N2O2/c1-11(2)19(12(3)4)15(20)21-17-8-13-5-14(9-17)7-16(18,6-13)10-17/h11-14H,5-10,18H2,1-4H3. The molecule has 2 N–H and O–H groups in total. The highest BCUT2D eigenvalue weighted by molar-refractivity contribution is 5.69. The monoisotopic (exact) mass is 294 g/mol. The Morgan fingerprint density at radius 2 is 1.62 bits per heavy atom. The smallest absolute Gasteiger partial charge is 0.410 e. The van der Waals surface area contributed by atoms with Crippen LogP contribution < -0.4 is 5.73 Å². The van der Waals surface area contributed by atoms with Crippen molar-refractivity contribution >= 4 is 6.09 Å². The van der Waals surface area contributed by atoms with Gasteiger partial charge in [0.25, 0.3) is 0 Å². The molecule has 4 rings (SSSR count). The molecule has 0 aromatic carbocycles. The van der Waals surface area contributed by atoms with Gasteiger partial charge in [-0.2, -0.15) is 0 Å². The van der Waals surface area contributed by atoms with Gasteiger partial charge in [-0.05, 0) is 71.6 Å². The number of ether oxygens (including phenoxy) is 1. The molecule has 4 bridgehead atoms. The number of hydrogen-bond acceptors (Lipinski definition) is 3. The summed E-state index contributed by atoms with van der Waals surface area (Å²) in [6.45, 7) is 8.19. The number of rotatable bonds is 3. The molecule has 0 aromatic heterocycles. The van der Waals surface area contributed by atoms with Gasteiger partial charge in [0.2, 0.25) is 0 Å². The van der Waals surface area contributed by atoms with Crippen LogP contribution in [0.15, 0.2) is 0 Å². The molecule has 4 nitrogen and oxygen atoms in total. The molecule has 4 aliphatic carbocycles. The summed E-state index contributed by atoms with van der Waals surface area (Å²) < 4.78 is 6.11.